The lowest BCUT2D eigenvalue weighted by Gasteiger charge is -2.39. The Kier molecular flexibility index (Phi) is 3.27. The maximum absolute atomic E-state index is 11.7. The molecule has 0 bridgehead atoms. The normalized spacial score (nSPS) is 27.7. The van der Waals surface area contributed by atoms with Crippen LogP contribution in [-0.4, -0.2) is 12.1 Å². The second-order valence-corrected chi connectivity index (χ2v) is 5.67. The highest BCUT2D eigenvalue weighted by Gasteiger charge is 2.35. The van der Waals surface area contributed by atoms with Crippen molar-refractivity contribution in [3.8, 4) is 0 Å². The maximum Gasteiger partial charge on any atom is 0.374 e. The van der Waals surface area contributed by atoms with Gasteiger partial charge in [0, 0.05) is 0 Å². The molecule has 1 aliphatic carbocycles. The average Bonchev–Trinajstić information content (AvgIpc) is 2.77. The number of esters is 1. The van der Waals surface area contributed by atoms with Gasteiger partial charge in [0.05, 0.1) is 6.26 Å². The average molecular weight is 236 g/mol. The van der Waals surface area contributed by atoms with Gasteiger partial charge in [0.1, 0.15) is 6.10 Å². The summed E-state index contributed by atoms with van der Waals surface area (Å²) in [6, 6.07) is 3.34. The molecule has 0 spiro atoms. The smallest absolute Gasteiger partial charge is 0.374 e. The summed E-state index contributed by atoms with van der Waals surface area (Å²) in [6.07, 6.45) is 4.52. The van der Waals surface area contributed by atoms with E-state index in [2.05, 4.69) is 20.8 Å². The molecule has 1 saturated carbocycles. The third-order valence-corrected chi connectivity index (χ3v) is 4.06. The van der Waals surface area contributed by atoms with E-state index in [1.165, 1.54) is 6.26 Å². The van der Waals surface area contributed by atoms with E-state index in [9.17, 15) is 4.79 Å². The lowest BCUT2D eigenvalue weighted by atomic mass is 9.69. The number of carbonyl (C=O) groups excluding carboxylic acids is 1. The standard InChI is InChI=1S/C14H20O3/c1-10-9-11(6-7-14(10,2)3)17-13(15)12-5-4-8-16-12/h4-5,8,10-11H,6-7,9H2,1-3H3/t10-,11-/m0/s1. The van der Waals surface area contributed by atoms with Crippen LogP contribution in [0.4, 0.5) is 0 Å². The summed E-state index contributed by atoms with van der Waals surface area (Å²) in [7, 11) is 0. The second-order valence-electron chi connectivity index (χ2n) is 5.67. The molecule has 0 amide bonds. The van der Waals surface area contributed by atoms with Crippen LogP contribution in [0.5, 0.6) is 0 Å². The Morgan fingerprint density at radius 3 is 2.88 bits per heavy atom. The van der Waals surface area contributed by atoms with Gasteiger partial charge in [0.2, 0.25) is 5.76 Å². The fourth-order valence-electron chi connectivity index (χ4n) is 2.32. The lowest BCUT2D eigenvalue weighted by Crippen LogP contribution is -2.34. The molecule has 0 radical (unpaired) electrons. The van der Waals surface area contributed by atoms with Gasteiger partial charge in [-0.15, -0.1) is 0 Å². The summed E-state index contributed by atoms with van der Waals surface area (Å²) in [5, 5.41) is 0. The largest absolute Gasteiger partial charge is 0.457 e. The highest BCUT2D eigenvalue weighted by molar-refractivity contribution is 5.86. The molecular formula is C14H20O3. The molecule has 1 aromatic rings. The summed E-state index contributed by atoms with van der Waals surface area (Å²) in [4.78, 5) is 11.7. The van der Waals surface area contributed by atoms with Gasteiger partial charge in [0.15, 0.2) is 0 Å². The molecule has 0 N–H and O–H groups in total. The Bertz CT molecular complexity index is 378. The molecule has 1 heterocycles. The van der Waals surface area contributed by atoms with E-state index in [-0.39, 0.29) is 12.1 Å². The van der Waals surface area contributed by atoms with E-state index >= 15 is 0 Å². The number of hydrogen-bond acceptors (Lipinski definition) is 3. The summed E-state index contributed by atoms with van der Waals surface area (Å²) < 4.78 is 10.5. The van der Waals surface area contributed by atoms with E-state index in [0.29, 0.717) is 17.1 Å². The molecule has 0 saturated heterocycles. The monoisotopic (exact) mass is 236 g/mol. The van der Waals surface area contributed by atoms with Crippen LogP contribution in [0.3, 0.4) is 0 Å². The number of rotatable bonds is 2. The van der Waals surface area contributed by atoms with E-state index in [4.69, 9.17) is 9.15 Å². The molecule has 0 aliphatic heterocycles. The van der Waals surface area contributed by atoms with Crippen molar-refractivity contribution >= 4 is 5.97 Å². The number of furan rings is 1. The van der Waals surface area contributed by atoms with Gasteiger partial charge in [-0.25, -0.2) is 4.79 Å². The predicted molar refractivity (Wildman–Crippen MR) is 64.7 cm³/mol. The Morgan fingerprint density at radius 2 is 2.29 bits per heavy atom. The highest BCUT2D eigenvalue weighted by Crippen LogP contribution is 2.41. The van der Waals surface area contributed by atoms with Gasteiger partial charge in [0.25, 0.3) is 0 Å². The van der Waals surface area contributed by atoms with E-state index in [0.717, 1.165) is 19.3 Å². The van der Waals surface area contributed by atoms with Crippen LogP contribution in [0, 0.1) is 11.3 Å². The van der Waals surface area contributed by atoms with Crippen molar-refractivity contribution in [2.24, 2.45) is 11.3 Å². The summed E-state index contributed by atoms with van der Waals surface area (Å²) in [5.74, 6) is 0.528. The molecule has 3 nitrogen and oxygen atoms in total. The van der Waals surface area contributed by atoms with Crippen LogP contribution in [-0.2, 0) is 4.74 Å². The van der Waals surface area contributed by atoms with Crippen LogP contribution in [0.1, 0.15) is 50.6 Å². The molecule has 2 rings (SSSR count). The Balaban J connectivity index is 1.91. The van der Waals surface area contributed by atoms with Gasteiger partial charge in [-0.1, -0.05) is 20.8 Å². The van der Waals surface area contributed by atoms with Crippen molar-refractivity contribution in [3.05, 3.63) is 24.2 Å². The lowest BCUT2D eigenvalue weighted by molar-refractivity contribution is -0.00903. The zero-order valence-corrected chi connectivity index (χ0v) is 10.7. The first-order valence-corrected chi connectivity index (χ1v) is 6.23. The molecule has 1 aliphatic rings. The molecule has 2 atom stereocenters. The molecule has 17 heavy (non-hydrogen) atoms. The van der Waals surface area contributed by atoms with Crippen LogP contribution >= 0.6 is 0 Å². The van der Waals surface area contributed by atoms with Crippen LogP contribution in [0.2, 0.25) is 0 Å². The van der Waals surface area contributed by atoms with Crippen LogP contribution in [0.25, 0.3) is 0 Å². The molecule has 1 fully saturated rings. The first kappa shape index (κ1) is 12.2. The van der Waals surface area contributed by atoms with Crippen LogP contribution in [0.15, 0.2) is 22.8 Å². The van der Waals surface area contributed by atoms with Crippen LogP contribution < -0.4 is 0 Å². The van der Waals surface area contributed by atoms with Gasteiger partial charge in [-0.05, 0) is 42.7 Å². The molecule has 1 aromatic heterocycles. The van der Waals surface area contributed by atoms with Gasteiger partial charge >= 0.3 is 5.97 Å². The fourth-order valence-corrected chi connectivity index (χ4v) is 2.32. The first-order chi connectivity index (χ1) is 7.99. The van der Waals surface area contributed by atoms with E-state index < -0.39 is 0 Å². The Hall–Kier alpha value is -1.25. The van der Waals surface area contributed by atoms with E-state index in [1.807, 2.05) is 0 Å². The zero-order chi connectivity index (χ0) is 12.5. The Labute approximate surface area is 102 Å². The highest BCUT2D eigenvalue weighted by atomic mass is 16.6. The van der Waals surface area contributed by atoms with E-state index in [1.54, 1.807) is 12.1 Å². The molecule has 0 unspecified atom stereocenters. The summed E-state index contributed by atoms with van der Waals surface area (Å²) >= 11 is 0. The van der Waals surface area contributed by atoms with Crippen molar-refractivity contribution in [1.82, 2.24) is 0 Å². The number of carbonyl (C=O) groups is 1. The molecule has 0 aromatic carbocycles. The minimum absolute atomic E-state index is 0.0376. The molecule has 3 heteroatoms. The fraction of sp³-hybridized carbons (Fsp3) is 0.643. The molecule has 94 valence electrons. The maximum atomic E-state index is 11.7. The third kappa shape index (κ3) is 2.71. The Morgan fingerprint density at radius 1 is 1.53 bits per heavy atom. The summed E-state index contributed by atoms with van der Waals surface area (Å²) in [5.41, 5.74) is 0.355. The first-order valence-electron chi connectivity index (χ1n) is 6.23. The third-order valence-electron chi connectivity index (χ3n) is 4.06. The quantitative estimate of drug-likeness (QED) is 0.736. The van der Waals surface area contributed by atoms with Crippen molar-refractivity contribution in [2.75, 3.05) is 0 Å². The predicted octanol–water partition coefficient (Wildman–Crippen LogP) is 3.65. The SMILES string of the molecule is C[C@H]1C[C@@H](OC(=O)c2ccco2)CCC1(C)C. The van der Waals surface area contributed by atoms with Crippen molar-refractivity contribution in [3.63, 3.8) is 0 Å². The second kappa shape index (κ2) is 4.55. The summed E-state index contributed by atoms with van der Waals surface area (Å²) in [6.45, 7) is 6.79. The van der Waals surface area contributed by atoms with Crippen molar-refractivity contribution in [2.45, 2.75) is 46.1 Å². The minimum atomic E-state index is -0.341. The van der Waals surface area contributed by atoms with Gasteiger partial charge < -0.3 is 9.15 Å². The van der Waals surface area contributed by atoms with Gasteiger partial charge in [-0.2, -0.15) is 0 Å². The number of ether oxygens (including phenoxy) is 1. The number of hydrogen-bond donors (Lipinski definition) is 0. The molecular weight excluding hydrogens is 216 g/mol. The van der Waals surface area contributed by atoms with Crippen molar-refractivity contribution < 1.29 is 13.9 Å². The van der Waals surface area contributed by atoms with Crippen molar-refractivity contribution in [1.29, 1.82) is 0 Å². The van der Waals surface area contributed by atoms with Gasteiger partial charge in [-0.3, -0.25) is 0 Å². The minimum Gasteiger partial charge on any atom is -0.457 e. The topological polar surface area (TPSA) is 39.4 Å². The zero-order valence-electron chi connectivity index (χ0n) is 10.7.